The Bertz CT molecular complexity index is 201. The fraction of sp³-hybridized carbons (Fsp3) is 0.938. The van der Waals surface area contributed by atoms with Gasteiger partial charge in [0.2, 0.25) is 0 Å². The summed E-state index contributed by atoms with van der Waals surface area (Å²) >= 11 is 0. The van der Waals surface area contributed by atoms with E-state index in [1.807, 2.05) is 0 Å². The minimum atomic E-state index is 0.0286. The van der Waals surface area contributed by atoms with E-state index < -0.39 is 0 Å². The molecule has 108 valence electrons. The average molecular weight is 256 g/mol. The van der Waals surface area contributed by atoms with Gasteiger partial charge >= 0.3 is 5.97 Å². The van der Waals surface area contributed by atoms with Crippen LogP contribution < -0.4 is 0 Å². The Balaban J connectivity index is 3.95. The number of esters is 1. The minimum Gasteiger partial charge on any atom is -0.465 e. The first-order valence-electron chi connectivity index (χ1n) is 7.86. The molecule has 0 rings (SSSR count). The van der Waals surface area contributed by atoms with Crippen molar-refractivity contribution < 1.29 is 9.53 Å². The molecule has 2 nitrogen and oxygen atoms in total. The van der Waals surface area contributed by atoms with Crippen molar-refractivity contribution in [3.63, 3.8) is 0 Å². The van der Waals surface area contributed by atoms with Gasteiger partial charge in [-0.3, -0.25) is 4.79 Å². The lowest BCUT2D eigenvalue weighted by Gasteiger charge is -2.18. The number of hydrogen-bond donors (Lipinski definition) is 0. The van der Waals surface area contributed by atoms with Gasteiger partial charge in [0.25, 0.3) is 0 Å². The van der Waals surface area contributed by atoms with Crippen molar-refractivity contribution in [2.24, 2.45) is 11.8 Å². The third kappa shape index (κ3) is 7.73. The summed E-state index contributed by atoms with van der Waals surface area (Å²) in [5.74, 6) is 0.701. The topological polar surface area (TPSA) is 26.3 Å². The maximum absolute atomic E-state index is 12.0. The molecule has 2 atom stereocenters. The molecule has 2 heteroatoms. The second-order valence-corrected chi connectivity index (χ2v) is 5.29. The Labute approximate surface area is 113 Å². The quantitative estimate of drug-likeness (QED) is 0.488. The number of unbranched alkanes of at least 4 members (excludes halogenated alkanes) is 2. The molecule has 0 radical (unpaired) electrons. The average Bonchev–Trinajstić information content (AvgIpc) is 2.39. The molecule has 0 aromatic rings. The van der Waals surface area contributed by atoms with E-state index in [2.05, 4.69) is 27.7 Å². The molecule has 0 bridgehead atoms. The summed E-state index contributed by atoms with van der Waals surface area (Å²) in [7, 11) is 0. The molecule has 0 heterocycles. The molecule has 0 saturated carbocycles. The molecular weight excluding hydrogens is 224 g/mol. The first-order valence-corrected chi connectivity index (χ1v) is 7.86. The van der Waals surface area contributed by atoms with Gasteiger partial charge < -0.3 is 4.74 Å². The van der Waals surface area contributed by atoms with Crippen LogP contribution in [-0.2, 0) is 9.53 Å². The highest BCUT2D eigenvalue weighted by molar-refractivity contribution is 5.72. The lowest BCUT2D eigenvalue weighted by molar-refractivity contribution is -0.150. The summed E-state index contributed by atoms with van der Waals surface area (Å²) in [5.41, 5.74) is 0. The van der Waals surface area contributed by atoms with Crippen LogP contribution in [0.2, 0.25) is 0 Å². The molecule has 0 aliphatic carbocycles. The van der Waals surface area contributed by atoms with Gasteiger partial charge in [-0.1, -0.05) is 59.8 Å². The van der Waals surface area contributed by atoms with Crippen LogP contribution in [0.5, 0.6) is 0 Å². The molecular formula is C16H32O2. The Hall–Kier alpha value is -0.530. The normalized spacial score (nSPS) is 14.2. The van der Waals surface area contributed by atoms with Crippen LogP contribution in [0.3, 0.4) is 0 Å². The second-order valence-electron chi connectivity index (χ2n) is 5.29. The zero-order valence-corrected chi connectivity index (χ0v) is 12.8. The molecule has 0 amide bonds. The molecule has 2 unspecified atom stereocenters. The van der Waals surface area contributed by atoms with Gasteiger partial charge in [-0.05, 0) is 25.2 Å². The molecule has 0 fully saturated rings. The predicted molar refractivity (Wildman–Crippen MR) is 77.6 cm³/mol. The maximum Gasteiger partial charge on any atom is 0.308 e. The lowest BCUT2D eigenvalue weighted by atomic mass is 9.98. The van der Waals surface area contributed by atoms with Gasteiger partial charge in [0.1, 0.15) is 0 Å². The summed E-state index contributed by atoms with van der Waals surface area (Å²) in [6.07, 6.45) is 8.92. The zero-order valence-electron chi connectivity index (χ0n) is 12.8. The summed E-state index contributed by atoms with van der Waals surface area (Å²) in [6.45, 7) is 9.25. The molecule has 0 aromatic heterocycles. The summed E-state index contributed by atoms with van der Waals surface area (Å²) in [4.78, 5) is 12.0. The van der Waals surface area contributed by atoms with Crippen molar-refractivity contribution in [1.82, 2.24) is 0 Å². The second kappa shape index (κ2) is 11.6. The predicted octanol–water partition coefficient (Wildman–Crippen LogP) is 4.96. The van der Waals surface area contributed by atoms with Crippen LogP contribution in [0.25, 0.3) is 0 Å². The SMILES string of the molecule is CCCCC(CC)COC(=O)C(CC)CCCC. The Morgan fingerprint density at radius 2 is 1.56 bits per heavy atom. The third-order valence-corrected chi connectivity index (χ3v) is 3.74. The fourth-order valence-corrected chi connectivity index (χ4v) is 2.16. The third-order valence-electron chi connectivity index (χ3n) is 3.74. The zero-order chi connectivity index (χ0) is 13.8. The van der Waals surface area contributed by atoms with Gasteiger partial charge in [0, 0.05) is 0 Å². The standard InChI is InChI=1S/C16H32O2/c1-5-9-11-14(7-3)13-18-16(17)15(8-4)12-10-6-2/h14-15H,5-13H2,1-4H3. The van der Waals surface area contributed by atoms with E-state index in [0.717, 1.165) is 32.1 Å². The van der Waals surface area contributed by atoms with Crippen molar-refractivity contribution in [3.05, 3.63) is 0 Å². The van der Waals surface area contributed by atoms with Crippen molar-refractivity contribution in [3.8, 4) is 0 Å². The highest BCUT2D eigenvalue weighted by atomic mass is 16.5. The van der Waals surface area contributed by atoms with E-state index in [1.165, 1.54) is 19.3 Å². The summed E-state index contributed by atoms with van der Waals surface area (Å²) < 4.78 is 5.50. The summed E-state index contributed by atoms with van der Waals surface area (Å²) in [5, 5.41) is 0. The highest BCUT2D eigenvalue weighted by Crippen LogP contribution is 2.17. The molecule has 0 spiro atoms. The monoisotopic (exact) mass is 256 g/mol. The number of rotatable bonds is 11. The van der Waals surface area contributed by atoms with Crippen molar-refractivity contribution in [2.45, 2.75) is 79.1 Å². The molecule has 0 aliphatic rings. The van der Waals surface area contributed by atoms with Crippen LogP contribution in [-0.4, -0.2) is 12.6 Å². The van der Waals surface area contributed by atoms with Crippen molar-refractivity contribution in [1.29, 1.82) is 0 Å². The minimum absolute atomic E-state index is 0.0286. The number of hydrogen-bond acceptors (Lipinski definition) is 2. The molecule has 0 N–H and O–H groups in total. The van der Waals surface area contributed by atoms with E-state index in [9.17, 15) is 4.79 Å². The first-order chi connectivity index (χ1) is 8.69. The van der Waals surface area contributed by atoms with E-state index in [0.29, 0.717) is 12.5 Å². The number of carbonyl (C=O) groups is 1. The summed E-state index contributed by atoms with van der Waals surface area (Å²) in [6, 6.07) is 0. The number of carbonyl (C=O) groups excluding carboxylic acids is 1. The Morgan fingerprint density at radius 1 is 0.944 bits per heavy atom. The van der Waals surface area contributed by atoms with Crippen LogP contribution in [0, 0.1) is 11.8 Å². The van der Waals surface area contributed by atoms with E-state index in [4.69, 9.17) is 4.74 Å². The van der Waals surface area contributed by atoms with Crippen LogP contribution in [0.15, 0.2) is 0 Å². The van der Waals surface area contributed by atoms with Gasteiger partial charge in [-0.15, -0.1) is 0 Å². The molecule has 0 aromatic carbocycles. The largest absolute Gasteiger partial charge is 0.465 e. The van der Waals surface area contributed by atoms with Crippen molar-refractivity contribution in [2.75, 3.05) is 6.61 Å². The molecule has 18 heavy (non-hydrogen) atoms. The van der Waals surface area contributed by atoms with Gasteiger partial charge in [0.05, 0.1) is 12.5 Å². The Morgan fingerprint density at radius 3 is 2.06 bits per heavy atom. The molecule has 0 saturated heterocycles. The van der Waals surface area contributed by atoms with E-state index >= 15 is 0 Å². The van der Waals surface area contributed by atoms with E-state index in [1.54, 1.807) is 0 Å². The first kappa shape index (κ1) is 17.5. The van der Waals surface area contributed by atoms with E-state index in [-0.39, 0.29) is 11.9 Å². The maximum atomic E-state index is 12.0. The van der Waals surface area contributed by atoms with Gasteiger partial charge in [-0.2, -0.15) is 0 Å². The Kier molecular flexibility index (Phi) is 11.2. The number of ether oxygens (including phenoxy) is 1. The van der Waals surface area contributed by atoms with Crippen LogP contribution in [0.1, 0.15) is 79.1 Å². The highest BCUT2D eigenvalue weighted by Gasteiger charge is 2.18. The lowest BCUT2D eigenvalue weighted by Crippen LogP contribution is -2.21. The fourth-order valence-electron chi connectivity index (χ4n) is 2.16. The smallest absolute Gasteiger partial charge is 0.308 e. The molecule has 0 aliphatic heterocycles. The van der Waals surface area contributed by atoms with Crippen LogP contribution in [0.4, 0.5) is 0 Å². The van der Waals surface area contributed by atoms with Crippen molar-refractivity contribution >= 4 is 5.97 Å². The van der Waals surface area contributed by atoms with Crippen LogP contribution >= 0.6 is 0 Å². The van der Waals surface area contributed by atoms with Gasteiger partial charge in [-0.25, -0.2) is 0 Å². The van der Waals surface area contributed by atoms with Gasteiger partial charge in [0.15, 0.2) is 0 Å².